The summed E-state index contributed by atoms with van der Waals surface area (Å²) in [6, 6.07) is 9.04. The van der Waals surface area contributed by atoms with E-state index in [0.29, 0.717) is 43.6 Å². The zero-order valence-electron chi connectivity index (χ0n) is 15.5. The second kappa shape index (κ2) is 9.03. The molecule has 2 heterocycles. The van der Waals surface area contributed by atoms with E-state index in [1.165, 1.54) is 24.5 Å². The van der Waals surface area contributed by atoms with Crippen LogP contribution in [0.3, 0.4) is 0 Å². The predicted octanol–water partition coefficient (Wildman–Crippen LogP) is 1.39. The van der Waals surface area contributed by atoms with Gasteiger partial charge >= 0.3 is 0 Å². The number of anilines is 1. The molecule has 0 aliphatic carbocycles. The summed E-state index contributed by atoms with van der Waals surface area (Å²) in [5, 5.41) is 5.62. The summed E-state index contributed by atoms with van der Waals surface area (Å²) in [6.07, 6.45) is 1.48. The molecule has 0 radical (unpaired) electrons. The zero-order chi connectivity index (χ0) is 19.9. The highest BCUT2D eigenvalue weighted by atomic mass is 19.1. The number of hydrogen-bond donors (Lipinski definition) is 2. The Morgan fingerprint density at radius 2 is 1.89 bits per heavy atom. The van der Waals surface area contributed by atoms with Crippen LogP contribution in [0.1, 0.15) is 10.6 Å². The van der Waals surface area contributed by atoms with Gasteiger partial charge in [-0.3, -0.25) is 14.6 Å². The molecule has 1 saturated heterocycles. The molecular formula is C19H22FN5O3. The molecule has 8 nitrogen and oxygen atoms in total. The molecule has 0 unspecified atom stereocenters. The Kier molecular flexibility index (Phi) is 6.25. The number of aliphatic imine (C=N–C) groups is 1. The molecule has 1 fully saturated rings. The van der Waals surface area contributed by atoms with Crippen LogP contribution in [0.15, 0.2) is 52.1 Å². The highest BCUT2D eigenvalue weighted by molar-refractivity contribution is 5.95. The van der Waals surface area contributed by atoms with E-state index in [9.17, 15) is 14.0 Å². The van der Waals surface area contributed by atoms with Gasteiger partial charge in [0, 0.05) is 38.9 Å². The minimum absolute atomic E-state index is 0.00523. The van der Waals surface area contributed by atoms with Crippen LogP contribution in [0, 0.1) is 5.82 Å². The van der Waals surface area contributed by atoms with Crippen LogP contribution in [0.2, 0.25) is 0 Å². The minimum Gasteiger partial charge on any atom is -0.459 e. The summed E-state index contributed by atoms with van der Waals surface area (Å²) in [4.78, 5) is 32.3. The third-order valence-electron chi connectivity index (χ3n) is 4.33. The lowest BCUT2D eigenvalue weighted by Crippen LogP contribution is -2.54. The maximum atomic E-state index is 13.2. The summed E-state index contributed by atoms with van der Waals surface area (Å²) in [7, 11) is 1.63. The number of guanidine groups is 1. The summed E-state index contributed by atoms with van der Waals surface area (Å²) >= 11 is 0. The van der Waals surface area contributed by atoms with E-state index in [1.807, 2.05) is 4.90 Å². The van der Waals surface area contributed by atoms with Gasteiger partial charge < -0.3 is 24.9 Å². The first kappa shape index (κ1) is 19.4. The van der Waals surface area contributed by atoms with Crippen molar-refractivity contribution in [3.05, 3.63) is 54.2 Å². The maximum Gasteiger partial charge on any atom is 0.289 e. The van der Waals surface area contributed by atoms with Crippen molar-refractivity contribution in [2.45, 2.75) is 0 Å². The lowest BCUT2D eigenvalue weighted by molar-refractivity contribution is -0.115. The van der Waals surface area contributed by atoms with E-state index in [2.05, 4.69) is 15.6 Å². The number of hydrogen-bond acceptors (Lipinski definition) is 4. The van der Waals surface area contributed by atoms with Gasteiger partial charge in [-0.25, -0.2) is 4.39 Å². The van der Waals surface area contributed by atoms with Crippen LogP contribution < -0.4 is 10.6 Å². The standard InChI is InChI=1S/C19H22FN5O3/c1-21-19(22-13-17(26)23-15-5-2-4-14(20)12-15)25-9-7-24(8-10-25)18(27)16-6-3-11-28-16/h2-6,11-12H,7-10,13H2,1H3,(H,21,22)(H,23,26). The highest BCUT2D eigenvalue weighted by Gasteiger charge is 2.25. The Morgan fingerprint density at radius 3 is 2.54 bits per heavy atom. The van der Waals surface area contributed by atoms with E-state index in [4.69, 9.17) is 4.42 Å². The fraction of sp³-hybridized carbons (Fsp3) is 0.316. The van der Waals surface area contributed by atoms with Crippen molar-refractivity contribution < 1.29 is 18.4 Å². The summed E-state index contributed by atoms with van der Waals surface area (Å²) < 4.78 is 18.3. The monoisotopic (exact) mass is 387 g/mol. The average molecular weight is 387 g/mol. The van der Waals surface area contributed by atoms with E-state index in [0.717, 1.165) is 0 Å². The van der Waals surface area contributed by atoms with Crippen molar-refractivity contribution >= 4 is 23.5 Å². The van der Waals surface area contributed by atoms with Gasteiger partial charge in [0.2, 0.25) is 5.91 Å². The quantitative estimate of drug-likeness (QED) is 0.611. The van der Waals surface area contributed by atoms with Gasteiger partial charge in [-0.1, -0.05) is 6.07 Å². The van der Waals surface area contributed by atoms with Crippen molar-refractivity contribution in [2.24, 2.45) is 4.99 Å². The Bertz CT molecular complexity index is 845. The molecule has 0 spiro atoms. The molecular weight excluding hydrogens is 365 g/mol. The molecule has 2 amide bonds. The summed E-state index contributed by atoms with van der Waals surface area (Å²) in [5.41, 5.74) is 0.395. The smallest absolute Gasteiger partial charge is 0.289 e. The average Bonchev–Trinajstić information content (AvgIpc) is 3.23. The summed E-state index contributed by atoms with van der Waals surface area (Å²) in [5.74, 6) is 0.0356. The van der Waals surface area contributed by atoms with Crippen LogP contribution in [0.25, 0.3) is 0 Å². The van der Waals surface area contributed by atoms with Crippen LogP contribution >= 0.6 is 0 Å². The molecule has 0 saturated carbocycles. The number of benzene rings is 1. The molecule has 1 aliphatic rings. The molecule has 1 aromatic heterocycles. The van der Waals surface area contributed by atoms with Crippen molar-refractivity contribution in [3.8, 4) is 0 Å². The minimum atomic E-state index is -0.413. The number of nitrogens with one attached hydrogen (secondary N) is 2. The molecule has 1 aromatic carbocycles. The number of rotatable bonds is 4. The highest BCUT2D eigenvalue weighted by Crippen LogP contribution is 2.10. The first-order chi connectivity index (χ1) is 13.6. The van der Waals surface area contributed by atoms with Crippen LogP contribution in [0.4, 0.5) is 10.1 Å². The summed E-state index contributed by atoms with van der Waals surface area (Å²) in [6.45, 7) is 2.20. The van der Waals surface area contributed by atoms with Gasteiger partial charge in [-0.05, 0) is 30.3 Å². The van der Waals surface area contributed by atoms with Gasteiger partial charge in [0.15, 0.2) is 11.7 Å². The number of nitrogens with zero attached hydrogens (tertiary/aromatic N) is 3. The number of carbonyl (C=O) groups is 2. The zero-order valence-corrected chi connectivity index (χ0v) is 15.5. The van der Waals surface area contributed by atoms with Crippen LogP contribution in [-0.2, 0) is 4.79 Å². The van der Waals surface area contributed by atoms with Gasteiger partial charge in [-0.15, -0.1) is 0 Å². The van der Waals surface area contributed by atoms with Crippen molar-refractivity contribution in [2.75, 3.05) is 45.1 Å². The Morgan fingerprint density at radius 1 is 1.14 bits per heavy atom. The lowest BCUT2D eigenvalue weighted by atomic mass is 10.3. The predicted molar refractivity (Wildman–Crippen MR) is 103 cm³/mol. The number of furan rings is 1. The molecule has 1 aliphatic heterocycles. The van der Waals surface area contributed by atoms with Gasteiger partial charge in [0.05, 0.1) is 12.8 Å². The van der Waals surface area contributed by atoms with E-state index in [1.54, 1.807) is 30.1 Å². The first-order valence-electron chi connectivity index (χ1n) is 8.90. The van der Waals surface area contributed by atoms with Gasteiger partial charge in [0.1, 0.15) is 5.82 Å². The third-order valence-corrected chi connectivity index (χ3v) is 4.33. The number of piperazine rings is 1. The second-order valence-corrected chi connectivity index (χ2v) is 6.22. The fourth-order valence-electron chi connectivity index (χ4n) is 2.94. The molecule has 28 heavy (non-hydrogen) atoms. The van der Waals surface area contributed by atoms with Crippen molar-refractivity contribution in [3.63, 3.8) is 0 Å². The van der Waals surface area contributed by atoms with E-state index >= 15 is 0 Å². The number of carbonyl (C=O) groups excluding carboxylic acids is 2. The Hall–Kier alpha value is -3.36. The molecule has 2 N–H and O–H groups in total. The van der Waals surface area contributed by atoms with E-state index in [-0.39, 0.29) is 18.4 Å². The molecule has 3 rings (SSSR count). The SMILES string of the molecule is CN=C(NCC(=O)Nc1cccc(F)c1)N1CCN(C(=O)c2ccco2)CC1. The topological polar surface area (TPSA) is 90.2 Å². The van der Waals surface area contributed by atoms with Gasteiger partial charge in [-0.2, -0.15) is 0 Å². The maximum absolute atomic E-state index is 13.2. The normalized spacial score (nSPS) is 14.7. The van der Waals surface area contributed by atoms with E-state index < -0.39 is 5.82 Å². The molecule has 9 heteroatoms. The first-order valence-corrected chi connectivity index (χ1v) is 8.90. The Labute approximate surface area is 162 Å². The Balaban J connectivity index is 1.47. The van der Waals surface area contributed by atoms with Crippen LogP contribution in [0.5, 0.6) is 0 Å². The number of halogens is 1. The van der Waals surface area contributed by atoms with Crippen LogP contribution in [-0.4, -0.2) is 67.3 Å². The molecule has 148 valence electrons. The van der Waals surface area contributed by atoms with Crippen molar-refractivity contribution in [1.29, 1.82) is 0 Å². The van der Waals surface area contributed by atoms with Crippen molar-refractivity contribution in [1.82, 2.24) is 15.1 Å². The molecule has 0 bridgehead atoms. The third kappa shape index (κ3) is 4.87. The second-order valence-electron chi connectivity index (χ2n) is 6.22. The molecule has 2 aromatic rings. The fourth-order valence-corrected chi connectivity index (χ4v) is 2.94. The largest absolute Gasteiger partial charge is 0.459 e. The number of amides is 2. The lowest BCUT2D eigenvalue weighted by Gasteiger charge is -2.36. The molecule has 0 atom stereocenters. The van der Waals surface area contributed by atoms with Gasteiger partial charge in [0.25, 0.3) is 5.91 Å².